The van der Waals surface area contributed by atoms with E-state index in [-0.39, 0.29) is 56.8 Å². The summed E-state index contributed by atoms with van der Waals surface area (Å²) in [6, 6.07) is 11.5. The molecule has 42 heavy (non-hydrogen) atoms. The Morgan fingerprint density at radius 2 is 1.67 bits per heavy atom. The lowest BCUT2D eigenvalue weighted by molar-refractivity contribution is -0.131. The highest BCUT2D eigenvalue weighted by atomic mass is 19.3. The molecule has 1 aliphatic carbocycles. The van der Waals surface area contributed by atoms with Crippen molar-refractivity contribution in [3.63, 3.8) is 0 Å². The van der Waals surface area contributed by atoms with E-state index in [9.17, 15) is 38.3 Å². The first-order valence-corrected chi connectivity index (χ1v) is 14.2. The minimum Gasteiger partial charge on any atom is -0.465 e. The van der Waals surface area contributed by atoms with Crippen molar-refractivity contribution < 1.29 is 33.1 Å². The maximum absolute atomic E-state index is 13.8. The molecule has 2 fully saturated rings. The Balaban J connectivity index is 1.52. The van der Waals surface area contributed by atoms with Gasteiger partial charge in [-0.1, -0.05) is 42.5 Å². The van der Waals surface area contributed by atoms with Crippen molar-refractivity contribution in [1.29, 1.82) is 5.26 Å². The Kier molecular flexibility index (Phi) is 9.93. The first kappa shape index (κ1) is 30.7. The average molecular weight is 584 g/mol. The summed E-state index contributed by atoms with van der Waals surface area (Å²) in [7, 11) is 0. The number of nitrogens with zero attached hydrogens (tertiary/aromatic N) is 1. The van der Waals surface area contributed by atoms with Crippen molar-refractivity contribution in [3.8, 4) is 6.07 Å². The summed E-state index contributed by atoms with van der Waals surface area (Å²) in [5, 5.41) is 31.0. The first-order chi connectivity index (χ1) is 20.0. The van der Waals surface area contributed by atoms with Gasteiger partial charge in [-0.15, -0.1) is 0 Å². The highest BCUT2D eigenvalue weighted by Crippen LogP contribution is 2.38. The van der Waals surface area contributed by atoms with Gasteiger partial charge in [0.25, 0.3) is 0 Å². The molecule has 0 aromatic heterocycles. The zero-order chi connectivity index (χ0) is 30.3. The molecular formula is C30H35F2N5O5. The third-order valence-electron chi connectivity index (χ3n) is 8.11. The van der Waals surface area contributed by atoms with Crippen molar-refractivity contribution >= 4 is 34.6 Å². The van der Waals surface area contributed by atoms with Crippen LogP contribution in [0.3, 0.4) is 0 Å². The minimum absolute atomic E-state index is 0.00108. The molecule has 1 saturated heterocycles. The second-order valence-corrected chi connectivity index (χ2v) is 11.1. The summed E-state index contributed by atoms with van der Waals surface area (Å²) in [6.07, 6.45) is -1.11. The number of hydrogen-bond acceptors (Lipinski definition) is 5. The van der Waals surface area contributed by atoms with Gasteiger partial charge in [-0.05, 0) is 54.4 Å². The van der Waals surface area contributed by atoms with Gasteiger partial charge < -0.3 is 26.4 Å². The maximum Gasteiger partial charge on any atom is 0.405 e. The van der Waals surface area contributed by atoms with E-state index in [1.54, 1.807) is 12.1 Å². The number of alkyl halides is 2. The van der Waals surface area contributed by atoms with Crippen LogP contribution in [-0.4, -0.2) is 59.5 Å². The average Bonchev–Trinajstić information content (AvgIpc) is 3.36. The number of fused-ring (bicyclic) bond motifs is 1. The van der Waals surface area contributed by atoms with Crippen LogP contribution in [0.5, 0.6) is 0 Å². The highest BCUT2D eigenvalue weighted by Gasteiger charge is 2.38. The van der Waals surface area contributed by atoms with Gasteiger partial charge in [0.15, 0.2) is 0 Å². The second-order valence-electron chi connectivity index (χ2n) is 11.1. The third kappa shape index (κ3) is 8.15. The standard InChI is InChI=1S/C30H35F2N5O5/c31-30(32)11-8-18(9-12-30)14-24(27(39)35-22(17-33)15-21-10-13-34-26(21)38)36-28(40)25(37-29(41)42)16-20-6-3-5-19-4-1-2-7-23(19)20/h1-7,18,21-22,24-25,37H,8-16H2,(H,34,38)(H,35,39)(H,36,40)(H,41,42)/t21-,22-,24?,25-/m0/s1. The lowest BCUT2D eigenvalue weighted by Crippen LogP contribution is -2.56. The lowest BCUT2D eigenvalue weighted by Gasteiger charge is -2.31. The number of rotatable bonds is 11. The molecule has 1 aliphatic heterocycles. The predicted octanol–water partition coefficient (Wildman–Crippen LogP) is 3.25. The number of amides is 4. The molecule has 2 aromatic carbocycles. The first-order valence-electron chi connectivity index (χ1n) is 14.2. The maximum atomic E-state index is 13.8. The fraction of sp³-hybridized carbons (Fsp3) is 0.500. The van der Waals surface area contributed by atoms with Gasteiger partial charge in [-0.2, -0.15) is 5.26 Å². The molecule has 2 aromatic rings. The molecular weight excluding hydrogens is 548 g/mol. The Morgan fingerprint density at radius 3 is 2.33 bits per heavy atom. The Hall–Kier alpha value is -4.27. The normalized spacial score (nSPS) is 20.5. The van der Waals surface area contributed by atoms with Crippen LogP contribution in [0.25, 0.3) is 10.8 Å². The monoisotopic (exact) mass is 583 g/mol. The van der Waals surface area contributed by atoms with E-state index >= 15 is 0 Å². The summed E-state index contributed by atoms with van der Waals surface area (Å²) in [4.78, 5) is 50.5. The van der Waals surface area contributed by atoms with E-state index in [0.29, 0.717) is 13.0 Å². The fourth-order valence-electron chi connectivity index (χ4n) is 5.79. The fourth-order valence-corrected chi connectivity index (χ4v) is 5.79. The zero-order valence-corrected chi connectivity index (χ0v) is 23.1. The van der Waals surface area contributed by atoms with Crippen LogP contribution in [0, 0.1) is 23.2 Å². The van der Waals surface area contributed by atoms with Gasteiger partial charge in [-0.3, -0.25) is 14.4 Å². The largest absolute Gasteiger partial charge is 0.465 e. The SMILES string of the molecule is N#C[C@H](C[C@@H]1CCNC1=O)NC(=O)C(CC1CCC(F)(F)CC1)NC(=O)[C@H](Cc1cccc2ccccc12)NC(=O)O. The summed E-state index contributed by atoms with van der Waals surface area (Å²) in [6.45, 7) is 0.481. The van der Waals surface area contributed by atoms with Crippen molar-refractivity contribution in [2.45, 2.75) is 75.4 Å². The number of nitriles is 1. The molecule has 224 valence electrons. The van der Waals surface area contributed by atoms with Crippen LogP contribution in [0.2, 0.25) is 0 Å². The predicted molar refractivity (Wildman–Crippen MR) is 149 cm³/mol. The lowest BCUT2D eigenvalue weighted by atomic mass is 9.82. The van der Waals surface area contributed by atoms with Gasteiger partial charge in [-0.25, -0.2) is 13.6 Å². The quantitative estimate of drug-likeness (QED) is 0.273. The molecule has 1 unspecified atom stereocenters. The van der Waals surface area contributed by atoms with Crippen molar-refractivity contribution in [2.75, 3.05) is 6.54 Å². The van der Waals surface area contributed by atoms with E-state index in [1.807, 2.05) is 36.4 Å². The van der Waals surface area contributed by atoms with Gasteiger partial charge in [0.05, 0.1) is 6.07 Å². The van der Waals surface area contributed by atoms with Gasteiger partial charge in [0.1, 0.15) is 18.1 Å². The smallest absolute Gasteiger partial charge is 0.405 e. The van der Waals surface area contributed by atoms with Gasteiger partial charge >= 0.3 is 6.09 Å². The van der Waals surface area contributed by atoms with Crippen LogP contribution >= 0.6 is 0 Å². The van der Waals surface area contributed by atoms with Crippen molar-refractivity contribution in [1.82, 2.24) is 21.3 Å². The summed E-state index contributed by atoms with van der Waals surface area (Å²) < 4.78 is 27.6. The number of carbonyl (C=O) groups is 4. The topological polar surface area (TPSA) is 160 Å². The zero-order valence-electron chi connectivity index (χ0n) is 23.1. The third-order valence-corrected chi connectivity index (χ3v) is 8.11. The number of hydrogen-bond donors (Lipinski definition) is 5. The molecule has 10 nitrogen and oxygen atoms in total. The Labute approximate surface area is 242 Å². The summed E-state index contributed by atoms with van der Waals surface area (Å²) in [5.74, 6) is -5.15. The Bertz CT molecular complexity index is 1350. The van der Waals surface area contributed by atoms with E-state index in [2.05, 4.69) is 21.3 Å². The van der Waals surface area contributed by atoms with E-state index in [0.717, 1.165) is 16.3 Å². The number of benzene rings is 2. The molecule has 4 amide bonds. The molecule has 5 N–H and O–H groups in total. The van der Waals surface area contributed by atoms with Crippen LogP contribution in [0.4, 0.5) is 13.6 Å². The number of carbonyl (C=O) groups excluding carboxylic acids is 3. The van der Waals surface area contributed by atoms with Crippen LogP contribution in [0.15, 0.2) is 42.5 Å². The van der Waals surface area contributed by atoms with E-state index in [4.69, 9.17) is 0 Å². The molecule has 12 heteroatoms. The molecule has 0 bridgehead atoms. The Morgan fingerprint density at radius 1 is 0.976 bits per heavy atom. The summed E-state index contributed by atoms with van der Waals surface area (Å²) in [5.41, 5.74) is 0.719. The van der Waals surface area contributed by atoms with Crippen molar-refractivity contribution in [3.05, 3.63) is 48.0 Å². The minimum atomic E-state index is -2.78. The number of nitrogens with one attached hydrogen (secondary N) is 4. The second kappa shape index (κ2) is 13.6. The van der Waals surface area contributed by atoms with Crippen LogP contribution in [0.1, 0.15) is 50.5 Å². The molecule has 4 atom stereocenters. The highest BCUT2D eigenvalue weighted by molar-refractivity contribution is 5.92. The van der Waals surface area contributed by atoms with E-state index in [1.165, 1.54) is 0 Å². The van der Waals surface area contributed by atoms with Crippen molar-refractivity contribution in [2.24, 2.45) is 11.8 Å². The van der Waals surface area contributed by atoms with Gasteiger partial charge in [0.2, 0.25) is 23.6 Å². The molecule has 1 heterocycles. The molecule has 1 saturated carbocycles. The van der Waals surface area contributed by atoms with Gasteiger partial charge in [0, 0.05) is 31.7 Å². The number of carboxylic acid groups (broad SMARTS) is 1. The van der Waals surface area contributed by atoms with Crippen LogP contribution in [-0.2, 0) is 20.8 Å². The molecule has 0 radical (unpaired) electrons. The molecule has 4 rings (SSSR count). The summed E-state index contributed by atoms with van der Waals surface area (Å²) >= 11 is 0. The molecule has 0 spiro atoms. The molecule has 2 aliphatic rings. The van der Waals surface area contributed by atoms with E-state index < -0.39 is 47.9 Å². The number of halogens is 2. The van der Waals surface area contributed by atoms with Crippen LogP contribution < -0.4 is 21.3 Å².